The number of carbonyl (C=O) groups excluding carboxylic acids is 1. The number of benzene rings is 2. The van der Waals surface area contributed by atoms with Gasteiger partial charge in [-0.1, -0.05) is 66.7 Å². The van der Waals surface area contributed by atoms with E-state index in [9.17, 15) is 0 Å². The molecule has 0 spiro atoms. The van der Waals surface area contributed by atoms with Gasteiger partial charge in [-0.05, 0) is 61.0 Å². The molecule has 0 fully saturated rings. The van der Waals surface area contributed by atoms with Crippen molar-refractivity contribution in [3.8, 4) is 0 Å². The minimum absolute atomic E-state index is 0.686. The van der Waals surface area contributed by atoms with Crippen molar-refractivity contribution in [2.45, 2.75) is 6.92 Å². The topological polar surface area (TPSA) is 14.5 Å². The molecule has 1 aliphatic rings. The van der Waals surface area contributed by atoms with Crippen molar-refractivity contribution in [2.24, 2.45) is 0 Å². The summed E-state index contributed by atoms with van der Waals surface area (Å²) < 4.78 is 5.86. The first-order valence-corrected chi connectivity index (χ1v) is 9.71. The van der Waals surface area contributed by atoms with Crippen molar-refractivity contribution in [3.05, 3.63) is 108 Å². The summed E-state index contributed by atoms with van der Waals surface area (Å²) in [6, 6.07) is 21.1. The van der Waals surface area contributed by atoms with Crippen LogP contribution in [0.4, 0.5) is 0 Å². The van der Waals surface area contributed by atoms with Gasteiger partial charge in [-0.25, -0.2) is 0 Å². The van der Waals surface area contributed by atoms with E-state index >= 15 is 0 Å². The van der Waals surface area contributed by atoms with Gasteiger partial charge in [0.1, 0.15) is 0 Å². The third-order valence-corrected chi connectivity index (χ3v) is 4.66. The van der Waals surface area contributed by atoms with Gasteiger partial charge in [-0.2, -0.15) is 0 Å². The van der Waals surface area contributed by atoms with E-state index in [0.717, 1.165) is 12.3 Å². The first-order chi connectivity index (χ1) is 13.7. The van der Waals surface area contributed by atoms with Gasteiger partial charge in [0.05, 0.1) is 6.54 Å². The highest BCUT2D eigenvalue weighted by molar-refractivity contribution is 6.10. The molecule has 3 rings (SSSR count). The Labute approximate surface area is 168 Å². The molecule has 2 aromatic carbocycles. The van der Waals surface area contributed by atoms with Crippen LogP contribution >= 0.6 is 0 Å². The fourth-order valence-electron chi connectivity index (χ4n) is 3.22. The third-order valence-electron chi connectivity index (χ3n) is 4.66. The molecule has 28 heavy (non-hydrogen) atoms. The van der Waals surface area contributed by atoms with E-state index < -0.39 is 0 Å². The van der Waals surface area contributed by atoms with E-state index in [0.29, 0.717) is 6.61 Å². The molecule has 0 saturated heterocycles. The molecular formula is C26H28NO+. The molecule has 0 bridgehead atoms. The fourth-order valence-corrected chi connectivity index (χ4v) is 3.22. The summed E-state index contributed by atoms with van der Waals surface area (Å²) in [4.78, 5) is 2.12. The number of rotatable bonds is 6. The van der Waals surface area contributed by atoms with Crippen LogP contribution in [0, 0.1) is 0 Å². The Kier molecular flexibility index (Phi) is 6.94. The van der Waals surface area contributed by atoms with E-state index in [2.05, 4.69) is 117 Å². The molecule has 142 valence electrons. The standard InChI is InChI=1S/C26H28NO/c1-4-25(21-11-7-5-8-12-21)26(22-13-9-6-10-14-22)23-15-17-24(18-16-23)28-20-19-27(2)3/h4-18H,19-20H2,1-3H3/q+1/b25-4+. The SMILES string of the molecule is C/C=C(/C(=C1C=CC(=[O+]CCN(C)C)C=C1)c1ccccc1)c1ccccc1. The van der Waals surface area contributed by atoms with Crippen LogP contribution in [-0.2, 0) is 4.42 Å². The normalized spacial score (nSPS) is 13.9. The molecule has 0 saturated carbocycles. The number of likely N-dealkylation sites (N-methyl/N-ethyl adjacent to an activating group) is 1. The van der Waals surface area contributed by atoms with Crippen molar-refractivity contribution in [1.82, 2.24) is 4.90 Å². The Balaban J connectivity index is 2.00. The monoisotopic (exact) mass is 370 g/mol. The van der Waals surface area contributed by atoms with Gasteiger partial charge in [-0.3, -0.25) is 4.42 Å². The van der Waals surface area contributed by atoms with Crippen LogP contribution in [0.5, 0.6) is 0 Å². The van der Waals surface area contributed by atoms with Crippen LogP contribution in [0.25, 0.3) is 11.1 Å². The molecule has 2 aromatic rings. The lowest BCUT2D eigenvalue weighted by atomic mass is 9.87. The van der Waals surface area contributed by atoms with Crippen LogP contribution in [0.2, 0.25) is 0 Å². The predicted octanol–water partition coefficient (Wildman–Crippen LogP) is 5.34. The van der Waals surface area contributed by atoms with E-state index in [4.69, 9.17) is 4.42 Å². The molecule has 0 heterocycles. The van der Waals surface area contributed by atoms with E-state index in [1.807, 2.05) is 0 Å². The summed E-state index contributed by atoms with van der Waals surface area (Å²) in [6.45, 7) is 3.69. The first kappa shape index (κ1) is 19.8. The van der Waals surface area contributed by atoms with Gasteiger partial charge in [-0.15, -0.1) is 0 Å². The highest BCUT2D eigenvalue weighted by Crippen LogP contribution is 2.35. The molecule has 0 atom stereocenters. The summed E-state index contributed by atoms with van der Waals surface area (Å²) >= 11 is 0. The second kappa shape index (κ2) is 9.82. The largest absolute Gasteiger partial charge is 0.343 e. The minimum atomic E-state index is 0.686. The summed E-state index contributed by atoms with van der Waals surface area (Å²) in [5, 5.41) is 0. The maximum absolute atomic E-state index is 5.86. The molecule has 0 N–H and O–H groups in total. The molecule has 0 radical (unpaired) electrons. The lowest BCUT2D eigenvalue weighted by Gasteiger charge is -2.16. The predicted molar refractivity (Wildman–Crippen MR) is 120 cm³/mol. The van der Waals surface area contributed by atoms with Crippen LogP contribution in [-0.4, -0.2) is 37.9 Å². The average molecular weight is 371 g/mol. The van der Waals surface area contributed by atoms with Crippen molar-refractivity contribution >= 4 is 16.9 Å². The summed E-state index contributed by atoms with van der Waals surface area (Å²) in [6.07, 6.45) is 10.6. The number of hydrogen-bond acceptors (Lipinski definition) is 1. The second-order valence-electron chi connectivity index (χ2n) is 6.99. The zero-order chi connectivity index (χ0) is 19.8. The highest BCUT2D eigenvalue weighted by atomic mass is 16.4. The molecule has 2 nitrogen and oxygen atoms in total. The molecule has 1 aliphatic carbocycles. The minimum Gasteiger partial charge on any atom is -0.301 e. The second-order valence-corrected chi connectivity index (χ2v) is 6.99. The van der Waals surface area contributed by atoms with Crippen LogP contribution < -0.4 is 0 Å². The molecule has 0 unspecified atom stereocenters. The number of hydrogen-bond donors (Lipinski definition) is 0. The summed E-state index contributed by atoms with van der Waals surface area (Å²) in [7, 11) is 4.10. The Bertz CT molecular complexity index is 911. The Morgan fingerprint density at radius 3 is 1.93 bits per heavy atom. The van der Waals surface area contributed by atoms with Crippen LogP contribution in [0.3, 0.4) is 0 Å². The van der Waals surface area contributed by atoms with Gasteiger partial charge in [0.25, 0.3) is 6.61 Å². The molecule has 0 aliphatic heterocycles. The van der Waals surface area contributed by atoms with Gasteiger partial charge in [0.2, 0.25) is 0 Å². The zero-order valence-electron chi connectivity index (χ0n) is 16.9. The smallest absolute Gasteiger partial charge is 0.301 e. The third kappa shape index (κ3) is 5.05. The van der Waals surface area contributed by atoms with E-state index in [-0.39, 0.29) is 0 Å². The van der Waals surface area contributed by atoms with Crippen molar-refractivity contribution in [1.29, 1.82) is 0 Å². The number of ketones is 1. The lowest BCUT2D eigenvalue weighted by Crippen LogP contribution is -2.17. The number of allylic oxidation sites excluding steroid dienone is 8. The molecule has 0 amide bonds. The highest BCUT2D eigenvalue weighted by Gasteiger charge is 2.16. The Morgan fingerprint density at radius 2 is 1.39 bits per heavy atom. The van der Waals surface area contributed by atoms with Crippen molar-refractivity contribution in [2.75, 3.05) is 27.2 Å². The number of nitrogens with zero attached hydrogens (tertiary/aromatic N) is 1. The Morgan fingerprint density at radius 1 is 0.821 bits per heavy atom. The Hall–Kier alpha value is -2.97. The maximum atomic E-state index is 5.86. The van der Waals surface area contributed by atoms with Gasteiger partial charge < -0.3 is 4.90 Å². The van der Waals surface area contributed by atoms with Crippen LogP contribution in [0.1, 0.15) is 18.1 Å². The fraction of sp³-hybridized carbons (Fsp3) is 0.192. The van der Waals surface area contributed by atoms with E-state index in [1.165, 1.54) is 27.8 Å². The molecule has 2 heteroatoms. The average Bonchev–Trinajstić information content (AvgIpc) is 2.73. The van der Waals surface area contributed by atoms with Crippen LogP contribution in [0.15, 0.2) is 96.6 Å². The molecular weight excluding hydrogens is 342 g/mol. The van der Waals surface area contributed by atoms with Crippen molar-refractivity contribution < 1.29 is 4.42 Å². The quantitative estimate of drug-likeness (QED) is 0.627. The first-order valence-electron chi connectivity index (χ1n) is 9.71. The van der Waals surface area contributed by atoms with Gasteiger partial charge >= 0.3 is 5.78 Å². The summed E-state index contributed by atoms with van der Waals surface area (Å²) in [5.41, 5.74) is 6.07. The molecule has 0 aromatic heterocycles. The van der Waals surface area contributed by atoms with E-state index in [1.54, 1.807) is 0 Å². The lowest BCUT2D eigenvalue weighted by molar-refractivity contribution is -0.455. The van der Waals surface area contributed by atoms with Crippen molar-refractivity contribution in [3.63, 3.8) is 0 Å². The zero-order valence-corrected chi connectivity index (χ0v) is 16.9. The van der Waals surface area contributed by atoms with Gasteiger partial charge in [0.15, 0.2) is 0 Å². The maximum Gasteiger partial charge on any atom is 0.343 e. The van der Waals surface area contributed by atoms with Gasteiger partial charge in [0, 0.05) is 12.2 Å². The summed E-state index contributed by atoms with van der Waals surface area (Å²) in [5.74, 6) is 0.903.